The number of rotatable bonds is 7. The van der Waals surface area contributed by atoms with Crippen molar-refractivity contribution < 1.29 is 24.0 Å². The number of carboxylic acids is 1. The van der Waals surface area contributed by atoms with Crippen LogP contribution in [0.2, 0.25) is 0 Å². The molecule has 1 N–H and O–H groups in total. The molecule has 4 rings (SSSR count). The number of nitro groups is 1. The molecule has 0 aromatic heterocycles. The van der Waals surface area contributed by atoms with Crippen LogP contribution in [-0.4, -0.2) is 16.0 Å². The fraction of sp³-hybridized carbons (Fsp3) is 0.129. The number of benzene rings is 4. The van der Waals surface area contributed by atoms with Crippen LogP contribution in [0.5, 0.6) is 11.5 Å². The average molecular weight is 512 g/mol. The van der Waals surface area contributed by atoms with Gasteiger partial charge in [0.05, 0.1) is 10.5 Å². The van der Waals surface area contributed by atoms with Crippen molar-refractivity contribution in [1.82, 2.24) is 0 Å². The molecular formula is C31H26FNO5. The van der Waals surface area contributed by atoms with Crippen molar-refractivity contribution in [3.8, 4) is 22.6 Å². The van der Waals surface area contributed by atoms with Crippen LogP contribution in [0.4, 0.5) is 10.1 Å². The number of hydrogen-bond donors (Lipinski definition) is 1. The zero-order valence-electron chi connectivity index (χ0n) is 21.1. The van der Waals surface area contributed by atoms with Crippen molar-refractivity contribution in [3.05, 3.63) is 123 Å². The lowest BCUT2D eigenvalue weighted by atomic mass is 9.87. The van der Waals surface area contributed by atoms with Crippen LogP contribution in [0, 0.1) is 15.9 Å². The molecule has 38 heavy (non-hydrogen) atoms. The molecule has 0 aliphatic carbocycles. The molecule has 0 radical (unpaired) electrons. The third-order valence-electron chi connectivity index (χ3n) is 6.02. The Balaban J connectivity index is 1.66. The second-order valence-electron chi connectivity index (χ2n) is 9.81. The van der Waals surface area contributed by atoms with Gasteiger partial charge in [0.15, 0.2) is 0 Å². The van der Waals surface area contributed by atoms with Crippen LogP contribution >= 0.6 is 0 Å². The van der Waals surface area contributed by atoms with E-state index < -0.39 is 10.9 Å². The summed E-state index contributed by atoms with van der Waals surface area (Å²) in [6.45, 7) is 6.21. The van der Waals surface area contributed by atoms with Crippen LogP contribution in [0.3, 0.4) is 0 Å². The minimum Gasteiger partial charge on any atom is -0.478 e. The first-order valence-corrected chi connectivity index (χ1v) is 11.9. The molecule has 0 unspecified atom stereocenters. The van der Waals surface area contributed by atoms with Crippen LogP contribution in [-0.2, 0) is 5.41 Å². The zero-order valence-corrected chi connectivity index (χ0v) is 21.1. The molecule has 6 nitrogen and oxygen atoms in total. The van der Waals surface area contributed by atoms with Crippen molar-refractivity contribution in [2.45, 2.75) is 26.2 Å². The first-order valence-electron chi connectivity index (χ1n) is 11.9. The SMILES string of the molecule is CC(C)(C)c1cccc(Oc2ccc(C=Cc3cc(-c4ccc(F)cc4)ccc3C(=O)O)cc2[N+](=O)[O-])c1. The Kier molecular flexibility index (Phi) is 7.39. The molecule has 0 spiro atoms. The lowest BCUT2D eigenvalue weighted by Crippen LogP contribution is -2.10. The van der Waals surface area contributed by atoms with Crippen molar-refractivity contribution in [3.63, 3.8) is 0 Å². The van der Waals surface area contributed by atoms with E-state index in [-0.39, 0.29) is 28.2 Å². The molecular weight excluding hydrogens is 485 g/mol. The quantitative estimate of drug-likeness (QED) is 0.153. The Bertz CT molecular complexity index is 1540. The van der Waals surface area contributed by atoms with E-state index in [1.54, 1.807) is 48.6 Å². The van der Waals surface area contributed by atoms with Gasteiger partial charge in [0.2, 0.25) is 5.75 Å². The summed E-state index contributed by atoms with van der Waals surface area (Å²) in [5.74, 6) is -0.884. The van der Waals surface area contributed by atoms with Gasteiger partial charge in [-0.1, -0.05) is 69.3 Å². The van der Waals surface area contributed by atoms with Crippen molar-refractivity contribution >= 4 is 23.8 Å². The Hall–Kier alpha value is -4.78. The summed E-state index contributed by atoms with van der Waals surface area (Å²) in [7, 11) is 0. The van der Waals surface area contributed by atoms with Crippen LogP contribution in [0.15, 0.2) is 84.9 Å². The number of nitrogens with zero attached hydrogens (tertiary/aromatic N) is 1. The van der Waals surface area contributed by atoms with Gasteiger partial charge < -0.3 is 9.84 Å². The lowest BCUT2D eigenvalue weighted by molar-refractivity contribution is -0.385. The molecule has 0 bridgehead atoms. The number of carbonyl (C=O) groups is 1. The first-order chi connectivity index (χ1) is 18.0. The fourth-order valence-corrected chi connectivity index (χ4v) is 3.92. The maximum absolute atomic E-state index is 13.3. The molecule has 4 aromatic carbocycles. The third kappa shape index (κ3) is 6.13. The minimum absolute atomic E-state index is 0.0697. The van der Waals surface area contributed by atoms with E-state index in [0.29, 0.717) is 22.4 Å². The van der Waals surface area contributed by atoms with E-state index in [2.05, 4.69) is 20.8 Å². The Morgan fingerprint density at radius 3 is 2.29 bits per heavy atom. The Labute approximate surface area is 219 Å². The first kappa shape index (κ1) is 26.3. The standard InChI is InChI=1S/C31H26FNO5/c1-31(2,3)24-5-4-6-26(19-24)38-29-16-8-20(17-28(29)33(36)37)7-9-23-18-22(12-15-27(23)30(34)35)21-10-13-25(32)14-11-21/h4-19H,1-3H3,(H,34,35). The van der Waals surface area contributed by atoms with Gasteiger partial charge in [-0.2, -0.15) is 0 Å². The predicted molar refractivity (Wildman–Crippen MR) is 146 cm³/mol. The maximum Gasteiger partial charge on any atom is 0.336 e. The van der Waals surface area contributed by atoms with Gasteiger partial charge in [-0.3, -0.25) is 10.1 Å². The van der Waals surface area contributed by atoms with Gasteiger partial charge in [0.25, 0.3) is 0 Å². The highest BCUT2D eigenvalue weighted by Crippen LogP contribution is 2.35. The number of halogens is 1. The second kappa shape index (κ2) is 10.7. The van der Waals surface area contributed by atoms with Crippen molar-refractivity contribution in [2.24, 2.45) is 0 Å². The fourth-order valence-electron chi connectivity index (χ4n) is 3.92. The molecule has 0 saturated carbocycles. The Morgan fingerprint density at radius 2 is 1.63 bits per heavy atom. The topological polar surface area (TPSA) is 89.7 Å². The number of ether oxygens (including phenoxy) is 1. The summed E-state index contributed by atoms with van der Waals surface area (Å²) in [6, 6.07) is 22.7. The Morgan fingerprint density at radius 1 is 0.921 bits per heavy atom. The van der Waals surface area contributed by atoms with Crippen LogP contribution in [0.25, 0.3) is 23.3 Å². The summed E-state index contributed by atoms with van der Waals surface area (Å²) >= 11 is 0. The normalized spacial score (nSPS) is 11.5. The zero-order chi connectivity index (χ0) is 27.4. The molecule has 0 fully saturated rings. The highest BCUT2D eigenvalue weighted by molar-refractivity contribution is 5.94. The lowest BCUT2D eigenvalue weighted by Gasteiger charge is -2.19. The van der Waals surface area contributed by atoms with E-state index in [1.807, 2.05) is 18.2 Å². The van der Waals surface area contributed by atoms with Gasteiger partial charge in [0.1, 0.15) is 11.6 Å². The van der Waals surface area contributed by atoms with Gasteiger partial charge >= 0.3 is 11.7 Å². The van der Waals surface area contributed by atoms with Crippen LogP contribution < -0.4 is 4.74 Å². The maximum atomic E-state index is 13.3. The highest BCUT2D eigenvalue weighted by Gasteiger charge is 2.19. The van der Waals surface area contributed by atoms with Crippen molar-refractivity contribution in [2.75, 3.05) is 0 Å². The average Bonchev–Trinajstić information content (AvgIpc) is 2.88. The number of carboxylic acid groups (broad SMARTS) is 1. The summed E-state index contributed by atoms with van der Waals surface area (Å²) in [4.78, 5) is 23.1. The van der Waals surface area contributed by atoms with E-state index >= 15 is 0 Å². The molecule has 0 saturated heterocycles. The molecule has 0 aliphatic heterocycles. The van der Waals surface area contributed by atoms with Gasteiger partial charge in [-0.15, -0.1) is 0 Å². The predicted octanol–water partition coefficient (Wildman–Crippen LogP) is 8.36. The highest BCUT2D eigenvalue weighted by atomic mass is 19.1. The summed E-state index contributed by atoms with van der Waals surface area (Å²) in [6.07, 6.45) is 3.19. The van der Waals surface area contributed by atoms with Gasteiger partial charge in [0, 0.05) is 6.07 Å². The molecule has 192 valence electrons. The van der Waals surface area contributed by atoms with Crippen LogP contribution in [0.1, 0.15) is 47.8 Å². The van der Waals surface area contributed by atoms with E-state index in [9.17, 15) is 24.4 Å². The van der Waals surface area contributed by atoms with Gasteiger partial charge in [-0.05, 0) is 75.7 Å². The summed E-state index contributed by atoms with van der Waals surface area (Å²) < 4.78 is 19.2. The molecule has 0 aliphatic rings. The van der Waals surface area contributed by atoms with E-state index in [4.69, 9.17) is 4.74 Å². The molecule has 7 heteroatoms. The smallest absolute Gasteiger partial charge is 0.336 e. The minimum atomic E-state index is -1.11. The van der Waals surface area contributed by atoms with E-state index in [0.717, 1.165) is 11.1 Å². The monoisotopic (exact) mass is 511 g/mol. The number of hydrogen-bond acceptors (Lipinski definition) is 4. The van der Waals surface area contributed by atoms with Crippen molar-refractivity contribution in [1.29, 1.82) is 0 Å². The largest absolute Gasteiger partial charge is 0.478 e. The second-order valence-corrected chi connectivity index (χ2v) is 9.81. The summed E-state index contributed by atoms with van der Waals surface area (Å²) in [5, 5.41) is 21.5. The van der Waals surface area contributed by atoms with Gasteiger partial charge in [-0.25, -0.2) is 9.18 Å². The molecule has 4 aromatic rings. The molecule has 0 heterocycles. The summed E-state index contributed by atoms with van der Waals surface area (Å²) in [5.41, 5.74) is 3.12. The van der Waals surface area contributed by atoms with E-state index in [1.165, 1.54) is 30.3 Å². The third-order valence-corrected chi connectivity index (χ3v) is 6.02. The molecule has 0 amide bonds. The number of nitro benzene ring substituents is 1. The molecule has 0 atom stereocenters. The number of aromatic carboxylic acids is 1.